The Morgan fingerprint density at radius 1 is 1.25 bits per heavy atom. The van der Waals surface area contributed by atoms with Crippen LogP contribution >= 0.6 is 15.9 Å². The SMILES string of the molecule is CNc1cc(C)nc(Nc2cc(Br)c3c(c2)CCO3)n1. The van der Waals surface area contributed by atoms with E-state index >= 15 is 0 Å². The van der Waals surface area contributed by atoms with Crippen LogP contribution in [0.5, 0.6) is 5.75 Å². The van der Waals surface area contributed by atoms with Gasteiger partial charge in [0, 0.05) is 36.5 Å². The number of halogens is 1. The van der Waals surface area contributed by atoms with Gasteiger partial charge in [-0.05, 0) is 35.0 Å². The Bertz CT molecular complexity index is 660. The van der Waals surface area contributed by atoms with Gasteiger partial charge < -0.3 is 15.4 Å². The van der Waals surface area contributed by atoms with E-state index in [1.165, 1.54) is 5.56 Å². The van der Waals surface area contributed by atoms with Crippen molar-refractivity contribution >= 4 is 33.4 Å². The van der Waals surface area contributed by atoms with Gasteiger partial charge in [0.25, 0.3) is 0 Å². The number of hydrogen-bond acceptors (Lipinski definition) is 5. The summed E-state index contributed by atoms with van der Waals surface area (Å²) in [7, 11) is 1.84. The number of hydrogen-bond donors (Lipinski definition) is 2. The number of ether oxygens (including phenoxy) is 1. The number of fused-ring (bicyclic) bond motifs is 1. The lowest BCUT2D eigenvalue weighted by Gasteiger charge is -2.10. The van der Waals surface area contributed by atoms with E-state index < -0.39 is 0 Å². The minimum absolute atomic E-state index is 0.583. The second-order valence-electron chi connectivity index (χ2n) is 4.64. The van der Waals surface area contributed by atoms with Crippen LogP contribution < -0.4 is 15.4 Å². The Morgan fingerprint density at radius 2 is 2.10 bits per heavy atom. The van der Waals surface area contributed by atoms with E-state index in [2.05, 4.69) is 42.6 Å². The van der Waals surface area contributed by atoms with Crippen LogP contribution in [0.3, 0.4) is 0 Å². The zero-order valence-corrected chi connectivity index (χ0v) is 12.9. The predicted octanol–water partition coefficient (Wildman–Crippen LogP) is 3.27. The summed E-state index contributed by atoms with van der Waals surface area (Å²) in [5.74, 6) is 2.32. The van der Waals surface area contributed by atoms with E-state index in [4.69, 9.17) is 4.74 Å². The molecule has 1 aliphatic rings. The molecular formula is C14H15BrN4O. The van der Waals surface area contributed by atoms with Crippen LogP contribution in [0.25, 0.3) is 0 Å². The molecule has 1 aliphatic heterocycles. The van der Waals surface area contributed by atoms with Crippen molar-refractivity contribution in [3.8, 4) is 5.75 Å². The molecule has 6 heteroatoms. The van der Waals surface area contributed by atoms with Gasteiger partial charge in [0.1, 0.15) is 11.6 Å². The quantitative estimate of drug-likeness (QED) is 0.902. The molecule has 5 nitrogen and oxygen atoms in total. The lowest BCUT2D eigenvalue weighted by Crippen LogP contribution is -2.02. The highest BCUT2D eigenvalue weighted by molar-refractivity contribution is 9.10. The Kier molecular flexibility index (Phi) is 3.48. The molecule has 0 spiro atoms. The van der Waals surface area contributed by atoms with Gasteiger partial charge in [0.05, 0.1) is 11.1 Å². The van der Waals surface area contributed by atoms with E-state index in [1.54, 1.807) is 0 Å². The van der Waals surface area contributed by atoms with Gasteiger partial charge in [-0.15, -0.1) is 0 Å². The maximum atomic E-state index is 5.57. The van der Waals surface area contributed by atoms with Gasteiger partial charge in [-0.3, -0.25) is 0 Å². The fraction of sp³-hybridized carbons (Fsp3) is 0.286. The highest BCUT2D eigenvalue weighted by Crippen LogP contribution is 2.37. The van der Waals surface area contributed by atoms with Gasteiger partial charge in [-0.25, -0.2) is 4.98 Å². The average molecular weight is 335 g/mol. The monoisotopic (exact) mass is 334 g/mol. The van der Waals surface area contributed by atoms with Crippen molar-refractivity contribution in [3.05, 3.63) is 33.9 Å². The van der Waals surface area contributed by atoms with Crippen molar-refractivity contribution in [2.75, 3.05) is 24.3 Å². The van der Waals surface area contributed by atoms with Gasteiger partial charge in [0.2, 0.25) is 5.95 Å². The molecular weight excluding hydrogens is 320 g/mol. The maximum Gasteiger partial charge on any atom is 0.229 e. The smallest absolute Gasteiger partial charge is 0.229 e. The molecule has 2 heterocycles. The van der Waals surface area contributed by atoms with Crippen LogP contribution in [-0.4, -0.2) is 23.6 Å². The largest absolute Gasteiger partial charge is 0.492 e. The van der Waals surface area contributed by atoms with Gasteiger partial charge >= 0.3 is 0 Å². The summed E-state index contributed by atoms with van der Waals surface area (Å²) in [4.78, 5) is 8.78. The summed E-state index contributed by atoms with van der Waals surface area (Å²) in [5.41, 5.74) is 3.06. The molecule has 1 aromatic carbocycles. The Morgan fingerprint density at radius 3 is 2.90 bits per heavy atom. The van der Waals surface area contributed by atoms with E-state index in [-0.39, 0.29) is 0 Å². The van der Waals surface area contributed by atoms with Crippen molar-refractivity contribution in [1.82, 2.24) is 9.97 Å². The minimum Gasteiger partial charge on any atom is -0.492 e. The maximum absolute atomic E-state index is 5.57. The van der Waals surface area contributed by atoms with Crippen LogP contribution in [0.1, 0.15) is 11.3 Å². The van der Waals surface area contributed by atoms with Gasteiger partial charge in [0.15, 0.2) is 0 Å². The summed E-state index contributed by atoms with van der Waals surface area (Å²) >= 11 is 3.54. The van der Waals surface area contributed by atoms with Crippen molar-refractivity contribution in [1.29, 1.82) is 0 Å². The van der Waals surface area contributed by atoms with Crippen LogP contribution in [0.4, 0.5) is 17.5 Å². The fourth-order valence-corrected chi connectivity index (χ4v) is 2.83. The summed E-state index contributed by atoms with van der Waals surface area (Å²) in [6.45, 7) is 2.68. The first kappa shape index (κ1) is 13.2. The first-order chi connectivity index (χ1) is 9.65. The molecule has 20 heavy (non-hydrogen) atoms. The Balaban J connectivity index is 1.92. The summed E-state index contributed by atoms with van der Waals surface area (Å²) in [6, 6.07) is 5.96. The molecule has 0 bridgehead atoms. The third-order valence-electron chi connectivity index (χ3n) is 3.10. The van der Waals surface area contributed by atoms with Crippen LogP contribution in [0, 0.1) is 6.92 Å². The molecule has 2 N–H and O–H groups in total. The van der Waals surface area contributed by atoms with Crippen molar-refractivity contribution in [2.45, 2.75) is 13.3 Å². The topological polar surface area (TPSA) is 59.1 Å². The number of aromatic nitrogens is 2. The number of rotatable bonds is 3. The average Bonchev–Trinajstić information content (AvgIpc) is 2.86. The zero-order chi connectivity index (χ0) is 14.1. The number of benzene rings is 1. The molecule has 0 aliphatic carbocycles. The van der Waals surface area contributed by atoms with Gasteiger partial charge in [-0.1, -0.05) is 0 Å². The van der Waals surface area contributed by atoms with Crippen LogP contribution in [0.15, 0.2) is 22.7 Å². The zero-order valence-electron chi connectivity index (χ0n) is 11.3. The second-order valence-corrected chi connectivity index (χ2v) is 5.49. The Labute approximate surface area is 125 Å². The molecule has 0 amide bonds. The Hall–Kier alpha value is -1.82. The highest BCUT2D eigenvalue weighted by Gasteiger charge is 2.16. The number of aryl methyl sites for hydroxylation is 1. The molecule has 3 rings (SSSR count). The normalized spacial score (nSPS) is 12.8. The fourth-order valence-electron chi connectivity index (χ4n) is 2.21. The van der Waals surface area contributed by atoms with Gasteiger partial charge in [-0.2, -0.15) is 4.98 Å². The van der Waals surface area contributed by atoms with Crippen molar-refractivity contribution in [2.24, 2.45) is 0 Å². The first-order valence-corrected chi connectivity index (χ1v) is 7.20. The lowest BCUT2D eigenvalue weighted by molar-refractivity contribution is 0.355. The molecule has 0 radical (unpaired) electrons. The van der Waals surface area contributed by atoms with E-state index in [9.17, 15) is 0 Å². The minimum atomic E-state index is 0.583. The molecule has 0 unspecified atom stereocenters. The van der Waals surface area contributed by atoms with Crippen molar-refractivity contribution < 1.29 is 4.74 Å². The van der Waals surface area contributed by atoms with E-state index in [0.717, 1.165) is 40.4 Å². The number of nitrogens with zero attached hydrogens (tertiary/aromatic N) is 2. The first-order valence-electron chi connectivity index (χ1n) is 6.41. The molecule has 104 valence electrons. The van der Waals surface area contributed by atoms with E-state index in [1.807, 2.05) is 26.1 Å². The number of nitrogens with one attached hydrogen (secondary N) is 2. The summed E-state index contributed by atoms with van der Waals surface area (Å²) in [5, 5.41) is 6.27. The second kappa shape index (κ2) is 5.28. The standard InChI is InChI=1S/C14H15BrN4O/c1-8-5-12(16-2)19-14(17-8)18-10-6-9-3-4-20-13(9)11(15)7-10/h5-7H,3-4H2,1-2H3,(H2,16,17,18,19). The molecule has 0 saturated heterocycles. The number of anilines is 3. The van der Waals surface area contributed by atoms with Crippen molar-refractivity contribution in [3.63, 3.8) is 0 Å². The molecule has 0 saturated carbocycles. The highest BCUT2D eigenvalue weighted by atomic mass is 79.9. The third kappa shape index (κ3) is 2.56. The lowest BCUT2D eigenvalue weighted by atomic mass is 10.1. The summed E-state index contributed by atoms with van der Waals surface area (Å²) < 4.78 is 6.53. The molecule has 0 atom stereocenters. The molecule has 1 aromatic heterocycles. The summed E-state index contributed by atoms with van der Waals surface area (Å²) in [6.07, 6.45) is 0.930. The molecule has 2 aromatic rings. The third-order valence-corrected chi connectivity index (χ3v) is 3.69. The predicted molar refractivity (Wildman–Crippen MR) is 82.9 cm³/mol. The van der Waals surface area contributed by atoms with Crippen LogP contribution in [0.2, 0.25) is 0 Å². The molecule has 0 fully saturated rings. The van der Waals surface area contributed by atoms with E-state index in [0.29, 0.717) is 5.95 Å². The van der Waals surface area contributed by atoms with Crippen LogP contribution in [-0.2, 0) is 6.42 Å².